The monoisotopic (exact) mass is 715 g/mol. The number of amides is 3. The first-order valence-electron chi connectivity index (χ1n) is 18.1. The summed E-state index contributed by atoms with van der Waals surface area (Å²) in [6.07, 6.45) is -2.45. The summed E-state index contributed by atoms with van der Waals surface area (Å²) in [5, 5.41) is 31.7. The molecule has 50 heavy (non-hydrogen) atoms. The number of hydrogen-bond acceptors (Lipinski definition) is 11. The molecule has 15 heteroatoms. The van der Waals surface area contributed by atoms with Crippen molar-refractivity contribution < 1.29 is 48.3 Å². The molecule has 0 saturated carbocycles. The maximum Gasteiger partial charge on any atom is 0.407 e. The molecule has 0 aromatic rings. The van der Waals surface area contributed by atoms with E-state index in [-0.39, 0.29) is 30.8 Å². The number of alkyl carbamates (subject to hydrolysis) is 1. The van der Waals surface area contributed by atoms with E-state index in [0.717, 1.165) is 0 Å². The Morgan fingerprint density at radius 1 is 1.04 bits per heavy atom. The minimum atomic E-state index is -1.60. The molecule has 11 atom stereocenters. The summed E-state index contributed by atoms with van der Waals surface area (Å²) in [5.41, 5.74) is 2.63. The van der Waals surface area contributed by atoms with E-state index >= 15 is 0 Å². The van der Waals surface area contributed by atoms with Crippen LogP contribution in [0.25, 0.3) is 0 Å². The van der Waals surface area contributed by atoms with Crippen molar-refractivity contribution >= 4 is 24.1 Å². The number of hydrogen-bond donors (Lipinski definition) is 6. The molecule has 2 fully saturated rings. The van der Waals surface area contributed by atoms with Gasteiger partial charge in [-0.15, -0.1) is 0 Å². The van der Waals surface area contributed by atoms with E-state index in [1.807, 2.05) is 27.7 Å². The predicted octanol–water partition coefficient (Wildman–Crippen LogP) is 3.19. The molecule has 2 rings (SSSR count). The van der Waals surface area contributed by atoms with Crippen molar-refractivity contribution in [1.82, 2.24) is 16.0 Å². The van der Waals surface area contributed by atoms with Crippen LogP contribution in [0.3, 0.4) is 0 Å². The lowest BCUT2D eigenvalue weighted by molar-refractivity contribution is -0.359. The van der Waals surface area contributed by atoms with Crippen LogP contribution in [0.15, 0.2) is 4.99 Å². The second-order valence-electron chi connectivity index (χ2n) is 14.9. The SMILES string of the molecule is CCCO[C@@H]1[C@@H](C)[C@H](OC(=O)NCCCCN=C(N)NC(=O)NC)[C@@H](C)C(=O)O[C@H](CC)[C@@](C)(O)[C@@H]2OC(C)(C)O[C@H]([C@@H]2C)[C@H](C)C[C@@]1(C)O. The maximum absolute atomic E-state index is 13.9. The van der Waals surface area contributed by atoms with E-state index in [1.165, 1.54) is 7.05 Å². The Hall–Kier alpha value is -2.72. The Morgan fingerprint density at radius 2 is 1.70 bits per heavy atom. The van der Waals surface area contributed by atoms with Crippen LogP contribution in [-0.4, -0.2) is 109 Å². The van der Waals surface area contributed by atoms with Crippen LogP contribution in [0.2, 0.25) is 0 Å². The highest BCUT2D eigenvalue weighted by Crippen LogP contribution is 2.44. The average molecular weight is 716 g/mol. The van der Waals surface area contributed by atoms with Gasteiger partial charge < -0.3 is 50.3 Å². The molecule has 0 unspecified atom stereocenters. The zero-order valence-electron chi connectivity index (χ0n) is 32.0. The van der Waals surface area contributed by atoms with Gasteiger partial charge >= 0.3 is 18.1 Å². The molecular formula is C35H65N5O10. The molecule has 2 heterocycles. The second-order valence-corrected chi connectivity index (χ2v) is 14.9. The molecule has 0 spiro atoms. The smallest absolute Gasteiger partial charge is 0.407 e. The van der Waals surface area contributed by atoms with Gasteiger partial charge in [0.2, 0.25) is 0 Å². The Morgan fingerprint density at radius 3 is 2.30 bits per heavy atom. The number of fused-ring (bicyclic) bond motifs is 2. The van der Waals surface area contributed by atoms with Gasteiger partial charge in [-0.1, -0.05) is 34.6 Å². The molecular weight excluding hydrogens is 650 g/mol. The number of nitrogens with one attached hydrogen (secondary N) is 3. The number of carbonyl (C=O) groups excluding carboxylic acids is 3. The summed E-state index contributed by atoms with van der Waals surface area (Å²) in [6.45, 7) is 18.9. The van der Waals surface area contributed by atoms with Gasteiger partial charge in [0.25, 0.3) is 0 Å². The largest absolute Gasteiger partial charge is 0.459 e. The standard InChI is InChI=1S/C35H65N5O10/c1-12-18-46-27-22(5)26(48-32(43)39-17-15-14-16-38-30(36)40-31(42)37-11)23(6)29(41)47-24(13-2)35(10,45)28-21(4)25(49-33(7,8)50-28)20(3)19-34(27,9)44/h20-28,44-45H,12-19H2,1-11H3,(H,39,43)(H4,36,37,38,40,42)/t20-,21+,22+,23-,24-,25+,26+,27-,28-,34-,35-/m1/s1. The van der Waals surface area contributed by atoms with Crippen LogP contribution in [0.1, 0.15) is 101 Å². The third-order valence-corrected chi connectivity index (χ3v) is 9.80. The van der Waals surface area contributed by atoms with E-state index in [1.54, 1.807) is 41.5 Å². The fourth-order valence-corrected chi connectivity index (χ4v) is 7.39. The fourth-order valence-electron chi connectivity index (χ4n) is 7.39. The lowest BCUT2D eigenvalue weighted by atomic mass is 9.72. The van der Waals surface area contributed by atoms with Crippen LogP contribution >= 0.6 is 0 Å². The number of esters is 1. The minimum Gasteiger partial charge on any atom is -0.459 e. The van der Waals surface area contributed by atoms with Crippen molar-refractivity contribution in [3.05, 3.63) is 0 Å². The zero-order valence-corrected chi connectivity index (χ0v) is 32.0. The number of urea groups is 1. The first-order chi connectivity index (χ1) is 23.2. The van der Waals surface area contributed by atoms with Crippen LogP contribution in [0.4, 0.5) is 9.59 Å². The molecule has 0 aromatic carbocycles. The van der Waals surface area contributed by atoms with Crippen LogP contribution in [-0.2, 0) is 28.5 Å². The van der Waals surface area contributed by atoms with Crippen molar-refractivity contribution in [2.75, 3.05) is 26.7 Å². The number of aliphatic hydroxyl groups is 2. The first-order valence-corrected chi connectivity index (χ1v) is 18.1. The van der Waals surface area contributed by atoms with Crippen molar-refractivity contribution in [3.8, 4) is 0 Å². The van der Waals surface area contributed by atoms with Gasteiger partial charge in [0.05, 0.1) is 29.8 Å². The zero-order chi connectivity index (χ0) is 38.0. The average Bonchev–Trinajstić information content (AvgIpc) is 3.03. The Labute approximate surface area is 298 Å². The molecule has 3 amide bonds. The van der Waals surface area contributed by atoms with Gasteiger partial charge in [-0.05, 0) is 72.6 Å². The number of nitrogens with zero attached hydrogens (tertiary/aromatic N) is 1. The Balaban J connectivity index is 2.40. The molecule has 2 saturated heterocycles. The second kappa shape index (κ2) is 18.7. The van der Waals surface area contributed by atoms with Crippen molar-refractivity contribution in [1.29, 1.82) is 0 Å². The van der Waals surface area contributed by atoms with Gasteiger partial charge in [0.15, 0.2) is 11.7 Å². The van der Waals surface area contributed by atoms with E-state index in [9.17, 15) is 24.6 Å². The molecule has 0 aromatic heterocycles. The molecule has 0 radical (unpaired) electrons. The molecule has 7 N–H and O–H groups in total. The summed E-state index contributed by atoms with van der Waals surface area (Å²) in [5.74, 6) is -3.94. The minimum absolute atomic E-state index is 0.0148. The third kappa shape index (κ3) is 11.7. The fraction of sp³-hybridized carbons (Fsp3) is 0.886. The van der Waals surface area contributed by atoms with E-state index < -0.39 is 77.4 Å². The number of nitrogens with two attached hydrogens (primary N) is 1. The van der Waals surface area contributed by atoms with E-state index in [0.29, 0.717) is 38.8 Å². The van der Waals surface area contributed by atoms with Gasteiger partial charge in [-0.25, -0.2) is 9.59 Å². The lowest BCUT2D eigenvalue weighted by Crippen LogP contribution is -2.64. The van der Waals surface area contributed by atoms with Gasteiger partial charge in [-0.3, -0.25) is 15.1 Å². The molecule has 290 valence electrons. The number of carbonyl (C=O) groups is 3. The maximum atomic E-state index is 13.9. The summed E-state index contributed by atoms with van der Waals surface area (Å²) >= 11 is 0. The lowest BCUT2D eigenvalue weighted by Gasteiger charge is -2.53. The highest BCUT2D eigenvalue weighted by Gasteiger charge is 2.55. The van der Waals surface area contributed by atoms with Crippen molar-refractivity contribution in [3.63, 3.8) is 0 Å². The normalized spacial score (nSPS) is 36.8. The van der Waals surface area contributed by atoms with Crippen molar-refractivity contribution in [2.24, 2.45) is 34.4 Å². The number of cyclic esters (lactones) is 1. The number of aliphatic imine (C=N–C) groups is 1. The van der Waals surface area contributed by atoms with Gasteiger partial charge in [0, 0.05) is 38.6 Å². The first kappa shape index (κ1) is 43.4. The summed E-state index contributed by atoms with van der Waals surface area (Å²) < 4.78 is 31.1. The summed E-state index contributed by atoms with van der Waals surface area (Å²) in [6, 6.07) is -0.473. The highest BCUT2D eigenvalue weighted by atomic mass is 16.7. The van der Waals surface area contributed by atoms with E-state index in [2.05, 4.69) is 20.9 Å². The number of unbranched alkanes of at least 4 members (excludes halogenated alkanes) is 1. The Bertz CT molecular complexity index is 1150. The number of rotatable bonds is 10. The quantitative estimate of drug-likeness (QED) is 0.0837. The van der Waals surface area contributed by atoms with Gasteiger partial charge in [-0.2, -0.15) is 0 Å². The van der Waals surface area contributed by atoms with E-state index in [4.69, 9.17) is 29.4 Å². The topological polar surface area (TPSA) is 212 Å². The summed E-state index contributed by atoms with van der Waals surface area (Å²) in [4.78, 5) is 42.5. The van der Waals surface area contributed by atoms with Crippen LogP contribution < -0.4 is 21.7 Å². The predicted molar refractivity (Wildman–Crippen MR) is 188 cm³/mol. The summed E-state index contributed by atoms with van der Waals surface area (Å²) in [7, 11) is 1.46. The molecule has 0 aliphatic carbocycles. The van der Waals surface area contributed by atoms with Crippen molar-refractivity contribution in [2.45, 2.75) is 149 Å². The van der Waals surface area contributed by atoms with Crippen LogP contribution in [0.5, 0.6) is 0 Å². The number of guanidine groups is 1. The molecule has 2 aliphatic rings. The van der Waals surface area contributed by atoms with Crippen LogP contribution in [0, 0.1) is 23.7 Å². The van der Waals surface area contributed by atoms with Gasteiger partial charge in [0.1, 0.15) is 17.8 Å². The molecule has 2 bridgehead atoms. The molecule has 15 nitrogen and oxygen atoms in total. The highest BCUT2D eigenvalue weighted by molar-refractivity contribution is 5.95. The molecule has 2 aliphatic heterocycles. The Kier molecular flexibility index (Phi) is 16.2. The third-order valence-electron chi connectivity index (χ3n) is 9.80. The number of ether oxygens (including phenoxy) is 5.